The first-order valence-electron chi connectivity index (χ1n) is 9.09. The number of alkyl halides is 6. The highest BCUT2D eigenvalue weighted by atomic mass is 19.4. The topological polar surface area (TPSA) is 37.3 Å². The van der Waals surface area contributed by atoms with Gasteiger partial charge in [-0.2, -0.15) is 26.3 Å². The Morgan fingerprint density at radius 1 is 1.11 bits per heavy atom. The molecule has 152 valence electrons. The van der Waals surface area contributed by atoms with Crippen LogP contribution in [0.25, 0.3) is 0 Å². The van der Waals surface area contributed by atoms with Crippen molar-refractivity contribution < 1.29 is 36.2 Å². The number of aliphatic hydroxyl groups is 1. The summed E-state index contributed by atoms with van der Waals surface area (Å²) >= 11 is 0. The Labute approximate surface area is 153 Å². The first kappa shape index (κ1) is 20.4. The molecule has 27 heavy (non-hydrogen) atoms. The Morgan fingerprint density at radius 2 is 1.70 bits per heavy atom. The lowest BCUT2D eigenvalue weighted by Gasteiger charge is -2.31. The van der Waals surface area contributed by atoms with Crippen molar-refractivity contribution in [3.63, 3.8) is 0 Å². The molecular weight excluding hydrogens is 374 g/mol. The maximum absolute atomic E-state index is 12.8. The Balaban J connectivity index is 1.81. The van der Waals surface area contributed by atoms with Gasteiger partial charge in [0, 0.05) is 12.3 Å². The van der Waals surface area contributed by atoms with Gasteiger partial charge in [-0.3, -0.25) is 4.79 Å². The van der Waals surface area contributed by atoms with Crippen molar-refractivity contribution in [1.82, 2.24) is 0 Å². The molecule has 2 saturated carbocycles. The van der Waals surface area contributed by atoms with Gasteiger partial charge in [-0.1, -0.05) is 17.2 Å². The van der Waals surface area contributed by atoms with E-state index in [0.29, 0.717) is 25.7 Å². The van der Waals surface area contributed by atoms with Crippen molar-refractivity contribution in [1.29, 1.82) is 0 Å². The maximum Gasteiger partial charge on any atom is 0.429 e. The van der Waals surface area contributed by atoms with E-state index in [1.165, 1.54) is 0 Å². The molecule has 3 rings (SSSR count). The van der Waals surface area contributed by atoms with Crippen LogP contribution in [0.5, 0.6) is 0 Å². The van der Waals surface area contributed by atoms with Crippen molar-refractivity contribution >= 4 is 5.78 Å². The number of halogens is 6. The molecule has 0 aromatic rings. The number of Topliss-reactive ketones (excluding diaryl/α,β-unsaturated/α-hetero) is 1. The van der Waals surface area contributed by atoms with Crippen LogP contribution in [0.3, 0.4) is 0 Å². The Bertz CT molecular complexity index is 667. The molecule has 3 aliphatic rings. The van der Waals surface area contributed by atoms with Crippen molar-refractivity contribution in [2.45, 2.75) is 69.8 Å². The molecule has 0 aromatic heterocycles. The highest BCUT2D eigenvalue weighted by molar-refractivity contribution is 5.83. The standard InChI is InChI=1S/C19H22F6O2/c1-11-10-13-12(4-2-5-14(13)26)15(11)16(8-9-16)6-3-7-17(27,18(20,21)22)19(23,24)25/h3,7,12-13,27H,2,4-6,8-10H2,1H3/b7-3+. The second kappa shape index (κ2) is 6.36. The number of ketones is 1. The fourth-order valence-corrected chi connectivity index (χ4v) is 4.85. The minimum absolute atomic E-state index is 0.00551. The van der Waals surface area contributed by atoms with E-state index in [1.807, 2.05) is 6.92 Å². The van der Waals surface area contributed by atoms with Gasteiger partial charge in [0.15, 0.2) is 0 Å². The largest absolute Gasteiger partial charge is 0.429 e. The van der Waals surface area contributed by atoms with E-state index in [9.17, 15) is 36.2 Å². The molecule has 2 atom stereocenters. The predicted octanol–water partition coefficient (Wildman–Crippen LogP) is 5.27. The lowest BCUT2D eigenvalue weighted by atomic mass is 9.73. The molecule has 0 aliphatic heterocycles. The van der Waals surface area contributed by atoms with Gasteiger partial charge in [0.05, 0.1) is 0 Å². The number of rotatable bonds is 4. The SMILES string of the molecule is CC1=C(C2(C/C=C/C(O)(C(F)(F)F)C(F)(F)F)CC2)C2CCCC(=O)C2C1. The Hall–Kier alpha value is -1.31. The second-order valence-electron chi connectivity index (χ2n) is 8.12. The minimum atomic E-state index is -5.85. The molecule has 8 heteroatoms. The second-order valence-corrected chi connectivity index (χ2v) is 8.12. The summed E-state index contributed by atoms with van der Waals surface area (Å²) in [6.45, 7) is 1.91. The van der Waals surface area contributed by atoms with Crippen molar-refractivity contribution in [3.05, 3.63) is 23.3 Å². The molecular formula is C19H22F6O2. The number of carbonyl (C=O) groups is 1. The third-order valence-electron chi connectivity index (χ3n) is 6.35. The van der Waals surface area contributed by atoms with E-state index in [2.05, 4.69) is 0 Å². The first-order valence-corrected chi connectivity index (χ1v) is 9.09. The first-order chi connectivity index (χ1) is 12.3. The Morgan fingerprint density at radius 3 is 2.22 bits per heavy atom. The summed E-state index contributed by atoms with van der Waals surface area (Å²) in [6, 6.07) is 0. The molecule has 2 unspecified atom stereocenters. The number of hydrogen-bond donors (Lipinski definition) is 1. The van der Waals surface area contributed by atoms with Crippen LogP contribution in [0.4, 0.5) is 26.3 Å². The average Bonchev–Trinajstić information content (AvgIpc) is 3.20. The molecule has 0 spiro atoms. The van der Waals surface area contributed by atoms with E-state index in [-0.39, 0.29) is 30.1 Å². The van der Waals surface area contributed by atoms with Crippen LogP contribution in [0.2, 0.25) is 0 Å². The fraction of sp³-hybridized carbons (Fsp3) is 0.737. The summed E-state index contributed by atoms with van der Waals surface area (Å²) < 4.78 is 76.8. The minimum Gasteiger partial charge on any atom is -0.370 e. The van der Waals surface area contributed by atoms with Gasteiger partial charge in [0.25, 0.3) is 5.60 Å². The fourth-order valence-electron chi connectivity index (χ4n) is 4.85. The molecule has 0 radical (unpaired) electrons. The summed E-state index contributed by atoms with van der Waals surface area (Å²) in [4.78, 5) is 12.2. The lowest BCUT2D eigenvalue weighted by Crippen LogP contribution is -2.55. The number of fused-ring (bicyclic) bond motifs is 1. The summed E-state index contributed by atoms with van der Waals surface area (Å²) in [5.74, 6) is 0.180. The van der Waals surface area contributed by atoms with Crippen LogP contribution < -0.4 is 0 Å². The molecule has 0 aromatic carbocycles. The summed E-state index contributed by atoms with van der Waals surface area (Å²) in [7, 11) is 0. The quantitative estimate of drug-likeness (QED) is 0.519. The van der Waals surface area contributed by atoms with E-state index >= 15 is 0 Å². The van der Waals surface area contributed by atoms with Crippen LogP contribution in [0.15, 0.2) is 23.3 Å². The van der Waals surface area contributed by atoms with Crippen LogP contribution in [0.1, 0.15) is 51.9 Å². The molecule has 0 amide bonds. The van der Waals surface area contributed by atoms with E-state index in [0.717, 1.165) is 30.1 Å². The number of hydrogen-bond acceptors (Lipinski definition) is 2. The molecule has 0 bridgehead atoms. The van der Waals surface area contributed by atoms with Gasteiger partial charge in [-0.15, -0.1) is 0 Å². The third-order valence-corrected chi connectivity index (χ3v) is 6.35. The van der Waals surface area contributed by atoms with Crippen LogP contribution >= 0.6 is 0 Å². The zero-order chi connectivity index (χ0) is 20.3. The molecule has 2 nitrogen and oxygen atoms in total. The van der Waals surface area contributed by atoms with E-state index in [1.54, 1.807) is 0 Å². The molecule has 1 N–H and O–H groups in total. The molecule has 3 aliphatic carbocycles. The molecule has 2 fully saturated rings. The lowest BCUT2D eigenvalue weighted by molar-refractivity contribution is -0.347. The van der Waals surface area contributed by atoms with Crippen molar-refractivity contribution in [2.75, 3.05) is 0 Å². The van der Waals surface area contributed by atoms with Crippen LogP contribution in [-0.2, 0) is 4.79 Å². The molecule has 0 heterocycles. The summed E-state index contributed by atoms with van der Waals surface area (Å²) in [6.07, 6.45) is -6.90. The van der Waals surface area contributed by atoms with Gasteiger partial charge < -0.3 is 5.11 Å². The van der Waals surface area contributed by atoms with Crippen molar-refractivity contribution in [2.24, 2.45) is 17.3 Å². The Kier molecular flexibility index (Phi) is 4.81. The number of carbonyl (C=O) groups excluding carboxylic acids is 1. The molecule has 0 saturated heterocycles. The third kappa shape index (κ3) is 3.34. The monoisotopic (exact) mass is 396 g/mol. The average molecular weight is 396 g/mol. The normalized spacial score (nSPS) is 28.8. The van der Waals surface area contributed by atoms with Gasteiger partial charge >= 0.3 is 12.4 Å². The zero-order valence-electron chi connectivity index (χ0n) is 14.9. The van der Waals surface area contributed by atoms with Crippen molar-refractivity contribution in [3.8, 4) is 0 Å². The van der Waals surface area contributed by atoms with Gasteiger partial charge in [0.2, 0.25) is 0 Å². The maximum atomic E-state index is 12.8. The smallest absolute Gasteiger partial charge is 0.370 e. The van der Waals surface area contributed by atoms with Gasteiger partial charge in [0.1, 0.15) is 5.78 Å². The highest BCUT2D eigenvalue weighted by Crippen LogP contribution is 2.63. The number of allylic oxidation sites excluding steroid dienone is 3. The van der Waals surface area contributed by atoms with Crippen LogP contribution in [0, 0.1) is 17.3 Å². The van der Waals surface area contributed by atoms with Gasteiger partial charge in [-0.25, -0.2) is 0 Å². The highest BCUT2D eigenvalue weighted by Gasteiger charge is 2.69. The predicted molar refractivity (Wildman–Crippen MR) is 85.6 cm³/mol. The summed E-state index contributed by atoms with van der Waals surface area (Å²) in [5.41, 5.74) is -3.20. The van der Waals surface area contributed by atoms with Crippen LogP contribution in [-0.4, -0.2) is 28.8 Å². The van der Waals surface area contributed by atoms with E-state index < -0.39 is 23.4 Å². The summed E-state index contributed by atoms with van der Waals surface area (Å²) in [5, 5.41) is 9.25. The van der Waals surface area contributed by atoms with Gasteiger partial charge in [-0.05, 0) is 62.9 Å². The zero-order valence-corrected chi connectivity index (χ0v) is 14.9. The van der Waals surface area contributed by atoms with E-state index in [4.69, 9.17) is 0 Å².